The van der Waals surface area contributed by atoms with E-state index >= 15 is 0 Å². The highest BCUT2D eigenvalue weighted by Gasteiger charge is 2.16. The van der Waals surface area contributed by atoms with Crippen molar-refractivity contribution >= 4 is 27.0 Å². The highest BCUT2D eigenvalue weighted by atomic mass is 32.2. The fraction of sp³-hybridized carbons (Fsp3) is 0.190. The van der Waals surface area contributed by atoms with Crippen LogP contribution in [0.5, 0.6) is 0 Å². The second-order valence-corrected chi connectivity index (χ2v) is 8.16. The first kappa shape index (κ1) is 21.2. The average Bonchev–Trinajstić information content (AvgIpc) is 2.75. The van der Waals surface area contributed by atoms with Crippen molar-refractivity contribution in [3.8, 4) is 6.07 Å². The smallest absolute Gasteiger partial charge is 0.336 e. The predicted molar refractivity (Wildman–Crippen MR) is 108 cm³/mol. The number of fused-ring (bicyclic) bond motifs is 1. The Morgan fingerprint density at radius 1 is 1.17 bits per heavy atom. The normalized spacial score (nSPS) is 11.2. The molecule has 8 nitrogen and oxygen atoms in total. The Kier molecular flexibility index (Phi) is 6.30. The number of nitriles is 1. The SMILES string of the molecule is CCc1ccc2c(COC(=O)CNS(=O)(=O)c3ccc(C#N)cc3)cc(=O)oc2c1. The molecule has 154 valence electrons. The van der Waals surface area contributed by atoms with Crippen LogP contribution in [0.4, 0.5) is 0 Å². The van der Waals surface area contributed by atoms with Crippen LogP contribution >= 0.6 is 0 Å². The van der Waals surface area contributed by atoms with Crippen molar-refractivity contribution in [2.45, 2.75) is 24.8 Å². The van der Waals surface area contributed by atoms with Gasteiger partial charge >= 0.3 is 11.6 Å². The van der Waals surface area contributed by atoms with Gasteiger partial charge in [-0.2, -0.15) is 9.98 Å². The summed E-state index contributed by atoms with van der Waals surface area (Å²) in [6.07, 6.45) is 0.776. The third-order valence-corrected chi connectivity index (χ3v) is 5.81. The van der Waals surface area contributed by atoms with E-state index in [2.05, 4.69) is 4.72 Å². The lowest BCUT2D eigenvalue weighted by Gasteiger charge is -2.09. The van der Waals surface area contributed by atoms with E-state index in [9.17, 15) is 18.0 Å². The lowest BCUT2D eigenvalue weighted by molar-refractivity contribution is -0.143. The van der Waals surface area contributed by atoms with Gasteiger partial charge in [0.15, 0.2) is 0 Å². The Balaban J connectivity index is 1.66. The molecule has 0 bridgehead atoms. The molecule has 1 N–H and O–H groups in total. The van der Waals surface area contributed by atoms with Crippen molar-refractivity contribution in [1.29, 1.82) is 5.26 Å². The van der Waals surface area contributed by atoms with Crippen LogP contribution in [-0.2, 0) is 32.6 Å². The summed E-state index contributed by atoms with van der Waals surface area (Å²) in [4.78, 5) is 23.7. The van der Waals surface area contributed by atoms with Gasteiger partial charge in [-0.05, 0) is 42.3 Å². The standard InChI is InChI=1S/C21H18N2O6S/c1-2-14-5-8-18-16(10-20(24)29-19(18)9-14)13-28-21(25)12-23-30(26,27)17-6-3-15(11-22)4-7-17/h3-10,23H,2,12-13H2,1H3. The van der Waals surface area contributed by atoms with Crippen molar-refractivity contribution in [1.82, 2.24) is 4.72 Å². The molecule has 2 aromatic carbocycles. The van der Waals surface area contributed by atoms with Crippen molar-refractivity contribution in [3.05, 3.63) is 75.6 Å². The number of benzene rings is 2. The molecule has 1 heterocycles. The van der Waals surface area contributed by atoms with E-state index in [-0.39, 0.29) is 11.5 Å². The molecule has 0 radical (unpaired) electrons. The zero-order valence-electron chi connectivity index (χ0n) is 16.0. The lowest BCUT2D eigenvalue weighted by Crippen LogP contribution is -2.30. The Labute approximate surface area is 172 Å². The molecule has 0 atom stereocenters. The van der Waals surface area contributed by atoms with Gasteiger partial charge in [-0.1, -0.05) is 19.1 Å². The Morgan fingerprint density at radius 3 is 2.57 bits per heavy atom. The van der Waals surface area contributed by atoms with Crippen molar-refractivity contribution < 1.29 is 22.4 Å². The van der Waals surface area contributed by atoms with Crippen LogP contribution < -0.4 is 10.3 Å². The van der Waals surface area contributed by atoms with Gasteiger partial charge in [-0.25, -0.2) is 13.2 Å². The molecular weight excluding hydrogens is 408 g/mol. The van der Waals surface area contributed by atoms with E-state index in [0.29, 0.717) is 22.1 Å². The molecule has 0 saturated carbocycles. The first-order chi connectivity index (χ1) is 14.3. The maximum atomic E-state index is 12.2. The fourth-order valence-corrected chi connectivity index (χ4v) is 3.74. The minimum Gasteiger partial charge on any atom is -0.460 e. The monoisotopic (exact) mass is 426 g/mol. The number of nitrogens with one attached hydrogen (secondary N) is 1. The third kappa shape index (κ3) is 4.92. The van der Waals surface area contributed by atoms with Gasteiger partial charge in [0.05, 0.1) is 16.5 Å². The number of aryl methyl sites for hydroxylation is 1. The minimum absolute atomic E-state index is 0.0762. The van der Waals surface area contributed by atoms with Crippen LogP contribution in [0.1, 0.15) is 23.6 Å². The molecule has 9 heteroatoms. The number of hydrogen-bond donors (Lipinski definition) is 1. The molecular formula is C21H18N2O6S. The summed E-state index contributed by atoms with van der Waals surface area (Å²) in [5, 5.41) is 9.40. The van der Waals surface area contributed by atoms with E-state index in [1.54, 1.807) is 12.1 Å². The maximum Gasteiger partial charge on any atom is 0.336 e. The highest BCUT2D eigenvalue weighted by molar-refractivity contribution is 7.89. The molecule has 0 aliphatic heterocycles. The fourth-order valence-electron chi connectivity index (χ4n) is 2.77. The molecule has 0 aliphatic rings. The van der Waals surface area contributed by atoms with Gasteiger partial charge < -0.3 is 9.15 Å². The van der Waals surface area contributed by atoms with Crippen molar-refractivity contribution in [3.63, 3.8) is 0 Å². The molecule has 0 aliphatic carbocycles. The van der Waals surface area contributed by atoms with E-state index in [1.165, 1.54) is 30.3 Å². The molecule has 3 aromatic rings. The van der Waals surface area contributed by atoms with Crippen LogP contribution in [0.25, 0.3) is 11.0 Å². The zero-order chi connectivity index (χ0) is 21.7. The number of nitrogens with zero attached hydrogens (tertiary/aromatic N) is 1. The minimum atomic E-state index is -3.94. The van der Waals surface area contributed by atoms with Gasteiger partial charge in [-0.3, -0.25) is 4.79 Å². The van der Waals surface area contributed by atoms with Crippen LogP contribution in [0, 0.1) is 11.3 Å². The van der Waals surface area contributed by atoms with Gasteiger partial charge in [-0.15, -0.1) is 0 Å². The van der Waals surface area contributed by atoms with Crippen molar-refractivity contribution in [2.24, 2.45) is 0 Å². The summed E-state index contributed by atoms with van der Waals surface area (Å²) >= 11 is 0. The van der Waals surface area contributed by atoms with Gasteiger partial charge in [0.2, 0.25) is 10.0 Å². The first-order valence-electron chi connectivity index (χ1n) is 9.03. The zero-order valence-corrected chi connectivity index (χ0v) is 16.9. The lowest BCUT2D eigenvalue weighted by atomic mass is 10.1. The predicted octanol–water partition coefficient (Wildman–Crippen LogP) is 2.25. The molecule has 0 saturated heterocycles. The van der Waals surface area contributed by atoms with E-state index in [4.69, 9.17) is 14.4 Å². The summed E-state index contributed by atoms with van der Waals surface area (Å²) in [5.74, 6) is -0.807. The first-order valence-corrected chi connectivity index (χ1v) is 10.5. The van der Waals surface area contributed by atoms with Crippen LogP contribution in [0.3, 0.4) is 0 Å². The molecule has 0 fully saturated rings. The second-order valence-electron chi connectivity index (χ2n) is 6.40. The molecule has 30 heavy (non-hydrogen) atoms. The summed E-state index contributed by atoms with van der Waals surface area (Å²) in [5.41, 5.74) is 1.61. The van der Waals surface area contributed by atoms with Gasteiger partial charge in [0.1, 0.15) is 18.7 Å². The second kappa shape index (κ2) is 8.90. The topological polar surface area (TPSA) is 126 Å². The number of sulfonamides is 1. The number of hydrogen-bond acceptors (Lipinski definition) is 7. The average molecular weight is 426 g/mol. The van der Waals surface area contributed by atoms with Gasteiger partial charge in [0.25, 0.3) is 0 Å². The number of carbonyl (C=O) groups excluding carboxylic acids is 1. The van der Waals surface area contributed by atoms with E-state index < -0.39 is 28.2 Å². The summed E-state index contributed by atoms with van der Waals surface area (Å²) < 4.78 is 36.9. The largest absolute Gasteiger partial charge is 0.460 e. The maximum absolute atomic E-state index is 12.2. The number of rotatable bonds is 7. The summed E-state index contributed by atoms with van der Waals surface area (Å²) in [6, 6.07) is 13.8. The number of ether oxygens (including phenoxy) is 1. The Bertz CT molecular complexity index is 1290. The molecule has 0 amide bonds. The van der Waals surface area contributed by atoms with Crippen LogP contribution in [-0.4, -0.2) is 20.9 Å². The third-order valence-electron chi connectivity index (χ3n) is 4.39. The van der Waals surface area contributed by atoms with Crippen LogP contribution in [0.15, 0.2) is 62.6 Å². The molecule has 3 rings (SSSR count). The molecule has 1 aromatic heterocycles. The Hall–Kier alpha value is -3.48. The molecule has 0 spiro atoms. The van der Waals surface area contributed by atoms with E-state index in [0.717, 1.165) is 12.0 Å². The summed E-state index contributed by atoms with van der Waals surface area (Å²) in [6.45, 7) is 1.19. The highest BCUT2D eigenvalue weighted by Crippen LogP contribution is 2.20. The van der Waals surface area contributed by atoms with E-state index in [1.807, 2.05) is 19.1 Å². The summed E-state index contributed by atoms with van der Waals surface area (Å²) in [7, 11) is -3.94. The van der Waals surface area contributed by atoms with Crippen LogP contribution in [0.2, 0.25) is 0 Å². The Morgan fingerprint density at radius 2 is 1.90 bits per heavy atom. The quantitative estimate of drug-likeness (QED) is 0.453. The number of carbonyl (C=O) groups is 1. The van der Waals surface area contributed by atoms with Crippen molar-refractivity contribution in [2.75, 3.05) is 6.54 Å². The van der Waals surface area contributed by atoms with Gasteiger partial charge in [0, 0.05) is 17.0 Å². The molecule has 0 unspecified atom stereocenters. The number of esters is 1.